The number of anilines is 1. The van der Waals surface area contributed by atoms with Crippen molar-refractivity contribution in [1.82, 2.24) is 9.55 Å². The molecule has 0 aliphatic carbocycles. The van der Waals surface area contributed by atoms with Crippen LogP contribution >= 0.6 is 0 Å². The molecule has 1 heterocycles. The van der Waals surface area contributed by atoms with Gasteiger partial charge in [-0.2, -0.15) is 0 Å². The molecule has 0 amide bonds. The van der Waals surface area contributed by atoms with Crippen molar-refractivity contribution in [3.63, 3.8) is 0 Å². The summed E-state index contributed by atoms with van der Waals surface area (Å²) in [6.07, 6.45) is 1.09. The maximum atomic E-state index is 6.00. The van der Waals surface area contributed by atoms with E-state index in [2.05, 4.69) is 43.3 Å². The number of nitrogen functional groups attached to an aromatic ring is 1. The smallest absolute Gasteiger partial charge is 0.201 e. The first-order chi connectivity index (χ1) is 7.88. The van der Waals surface area contributed by atoms with Crippen molar-refractivity contribution in [3.8, 4) is 0 Å². The van der Waals surface area contributed by atoms with E-state index in [0.29, 0.717) is 11.4 Å². The van der Waals surface area contributed by atoms with Crippen LogP contribution in [0.2, 0.25) is 0 Å². The van der Waals surface area contributed by atoms with Crippen LogP contribution in [0.25, 0.3) is 11.0 Å². The Bertz CT molecular complexity index is 532. The van der Waals surface area contributed by atoms with Gasteiger partial charge in [0.1, 0.15) is 0 Å². The lowest BCUT2D eigenvalue weighted by atomic mass is 9.92. The average Bonchev–Trinajstić information content (AvgIpc) is 2.51. The summed E-state index contributed by atoms with van der Waals surface area (Å²) >= 11 is 0. The molecule has 2 N–H and O–H groups in total. The van der Waals surface area contributed by atoms with Crippen LogP contribution in [-0.2, 0) is 6.54 Å². The van der Waals surface area contributed by atoms with Crippen molar-refractivity contribution >= 4 is 17.0 Å². The molecular weight excluding hydrogens is 210 g/mol. The topological polar surface area (TPSA) is 43.8 Å². The van der Waals surface area contributed by atoms with E-state index in [9.17, 15) is 0 Å². The molecule has 0 aliphatic heterocycles. The SMILES string of the molecule is Cc1cccc2nc(N)n(CCC(C)(C)C)c12. The van der Waals surface area contributed by atoms with Crippen LogP contribution in [0.3, 0.4) is 0 Å². The molecule has 0 atom stereocenters. The second kappa shape index (κ2) is 4.06. The zero-order valence-corrected chi connectivity index (χ0v) is 11.1. The predicted molar refractivity (Wildman–Crippen MR) is 73.0 cm³/mol. The second-order valence-electron chi connectivity index (χ2n) is 5.87. The van der Waals surface area contributed by atoms with Gasteiger partial charge in [-0.15, -0.1) is 0 Å². The number of para-hydroxylation sites is 1. The summed E-state index contributed by atoms with van der Waals surface area (Å²) in [6.45, 7) is 9.77. The van der Waals surface area contributed by atoms with Gasteiger partial charge in [0.05, 0.1) is 11.0 Å². The summed E-state index contributed by atoms with van der Waals surface area (Å²) in [5.41, 5.74) is 9.72. The molecule has 2 aromatic rings. The number of nitrogens with zero attached hydrogens (tertiary/aromatic N) is 2. The third kappa shape index (κ3) is 2.43. The minimum Gasteiger partial charge on any atom is -0.369 e. The quantitative estimate of drug-likeness (QED) is 0.861. The molecule has 0 aliphatic rings. The number of rotatable bonds is 2. The molecule has 0 radical (unpaired) electrons. The van der Waals surface area contributed by atoms with E-state index in [-0.39, 0.29) is 0 Å². The fourth-order valence-electron chi connectivity index (χ4n) is 2.06. The van der Waals surface area contributed by atoms with Gasteiger partial charge in [0.25, 0.3) is 0 Å². The molecule has 3 heteroatoms. The minimum atomic E-state index is 0.311. The number of imidazole rings is 1. The Hall–Kier alpha value is -1.51. The summed E-state index contributed by atoms with van der Waals surface area (Å²) in [7, 11) is 0. The molecule has 92 valence electrons. The number of aryl methyl sites for hydroxylation is 2. The molecule has 3 nitrogen and oxygen atoms in total. The Balaban J connectivity index is 2.42. The molecule has 1 aromatic heterocycles. The van der Waals surface area contributed by atoms with Gasteiger partial charge in [0.15, 0.2) is 0 Å². The molecule has 0 unspecified atom stereocenters. The standard InChI is InChI=1S/C14H21N3/c1-10-6-5-7-11-12(10)17(13(15)16-11)9-8-14(2,3)4/h5-7H,8-9H2,1-4H3,(H2,15,16). The summed E-state index contributed by atoms with van der Waals surface area (Å²) in [4.78, 5) is 4.42. The minimum absolute atomic E-state index is 0.311. The molecule has 2 rings (SSSR count). The van der Waals surface area contributed by atoms with Gasteiger partial charge >= 0.3 is 0 Å². The number of hydrogen-bond donors (Lipinski definition) is 1. The van der Waals surface area contributed by atoms with Crippen LogP contribution in [0.15, 0.2) is 18.2 Å². The lowest BCUT2D eigenvalue weighted by Crippen LogP contribution is -2.12. The summed E-state index contributed by atoms with van der Waals surface area (Å²) in [5.74, 6) is 0.624. The van der Waals surface area contributed by atoms with Crippen LogP contribution in [0.4, 0.5) is 5.95 Å². The fourth-order valence-corrected chi connectivity index (χ4v) is 2.06. The molecule has 0 bridgehead atoms. The van der Waals surface area contributed by atoms with Crippen molar-refractivity contribution in [3.05, 3.63) is 23.8 Å². The zero-order valence-electron chi connectivity index (χ0n) is 11.1. The Kier molecular flexibility index (Phi) is 2.86. The van der Waals surface area contributed by atoms with Gasteiger partial charge in [-0.05, 0) is 30.4 Å². The Morgan fingerprint density at radius 2 is 2.00 bits per heavy atom. The van der Waals surface area contributed by atoms with Gasteiger partial charge in [-0.3, -0.25) is 0 Å². The normalized spacial score (nSPS) is 12.2. The van der Waals surface area contributed by atoms with E-state index in [0.717, 1.165) is 18.5 Å². The second-order valence-corrected chi connectivity index (χ2v) is 5.87. The molecule has 0 saturated carbocycles. The first kappa shape index (κ1) is 12.0. The number of fused-ring (bicyclic) bond motifs is 1. The van der Waals surface area contributed by atoms with Crippen LogP contribution in [0, 0.1) is 12.3 Å². The number of benzene rings is 1. The summed E-state index contributed by atoms with van der Waals surface area (Å²) < 4.78 is 2.13. The molecule has 0 spiro atoms. The number of aromatic nitrogens is 2. The lowest BCUT2D eigenvalue weighted by Gasteiger charge is -2.19. The van der Waals surface area contributed by atoms with Gasteiger partial charge in [0, 0.05) is 6.54 Å². The van der Waals surface area contributed by atoms with E-state index in [1.54, 1.807) is 0 Å². The van der Waals surface area contributed by atoms with Crippen molar-refractivity contribution in [2.75, 3.05) is 5.73 Å². The highest BCUT2D eigenvalue weighted by molar-refractivity contribution is 5.81. The largest absolute Gasteiger partial charge is 0.369 e. The summed E-state index contributed by atoms with van der Waals surface area (Å²) in [5, 5.41) is 0. The monoisotopic (exact) mass is 231 g/mol. The van der Waals surface area contributed by atoms with E-state index in [1.807, 2.05) is 12.1 Å². The van der Waals surface area contributed by atoms with Crippen LogP contribution in [-0.4, -0.2) is 9.55 Å². The molecule has 17 heavy (non-hydrogen) atoms. The third-order valence-electron chi connectivity index (χ3n) is 3.08. The van der Waals surface area contributed by atoms with Crippen LogP contribution in [0.1, 0.15) is 32.8 Å². The maximum absolute atomic E-state index is 6.00. The van der Waals surface area contributed by atoms with Crippen LogP contribution < -0.4 is 5.73 Å². The van der Waals surface area contributed by atoms with E-state index in [4.69, 9.17) is 5.73 Å². The van der Waals surface area contributed by atoms with Crippen molar-refractivity contribution in [2.45, 2.75) is 40.7 Å². The molecule has 0 fully saturated rings. The van der Waals surface area contributed by atoms with E-state index in [1.165, 1.54) is 11.1 Å². The third-order valence-corrected chi connectivity index (χ3v) is 3.08. The Morgan fingerprint density at radius 3 is 2.65 bits per heavy atom. The van der Waals surface area contributed by atoms with Crippen molar-refractivity contribution in [1.29, 1.82) is 0 Å². The maximum Gasteiger partial charge on any atom is 0.201 e. The van der Waals surface area contributed by atoms with Gasteiger partial charge in [0.2, 0.25) is 5.95 Å². The highest BCUT2D eigenvalue weighted by Crippen LogP contribution is 2.25. The van der Waals surface area contributed by atoms with Crippen molar-refractivity contribution in [2.24, 2.45) is 5.41 Å². The molecule has 0 saturated heterocycles. The van der Waals surface area contributed by atoms with Gasteiger partial charge in [-0.25, -0.2) is 4.98 Å². The number of nitrogens with two attached hydrogens (primary N) is 1. The fraction of sp³-hybridized carbons (Fsp3) is 0.500. The van der Waals surface area contributed by atoms with E-state index < -0.39 is 0 Å². The van der Waals surface area contributed by atoms with E-state index >= 15 is 0 Å². The zero-order chi connectivity index (χ0) is 12.6. The first-order valence-electron chi connectivity index (χ1n) is 6.10. The van der Waals surface area contributed by atoms with Gasteiger partial charge in [-0.1, -0.05) is 32.9 Å². The highest BCUT2D eigenvalue weighted by atomic mass is 15.1. The van der Waals surface area contributed by atoms with Gasteiger partial charge < -0.3 is 10.3 Å². The summed E-state index contributed by atoms with van der Waals surface area (Å²) in [6, 6.07) is 6.15. The number of hydrogen-bond acceptors (Lipinski definition) is 2. The van der Waals surface area contributed by atoms with Crippen molar-refractivity contribution < 1.29 is 0 Å². The molecular formula is C14H21N3. The predicted octanol–water partition coefficient (Wildman–Crippen LogP) is 3.36. The first-order valence-corrected chi connectivity index (χ1v) is 6.10. The Labute approximate surface area is 103 Å². The highest BCUT2D eigenvalue weighted by Gasteiger charge is 2.14. The average molecular weight is 231 g/mol. The lowest BCUT2D eigenvalue weighted by molar-refractivity contribution is 0.354. The Morgan fingerprint density at radius 1 is 1.29 bits per heavy atom. The molecule has 1 aromatic carbocycles. The van der Waals surface area contributed by atoms with Crippen LogP contribution in [0.5, 0.6) is 0 Å².